The number of benzene rings is 2. The van der Waals surface area contributed by atoms with Crippen LogP contribution in [-0.2, 0) is 6.54 Å². The van der Waals surface area contributed by atoms with Crippen molar-refractivity contribution in [1.82, 2.24) is 4.90 Å². The average Bonchev–Trinajstić information content (AvgIpc) is 2.60. The molecule has 0 aromatic heterocycles. The number of carbonyl (C=O) groups excluding carboxylic acids is 1. The van der Waals surface area contributed by atoms with E-state index in [0.717, 1.165) is 19.6 Å². The molecule has 0 heterocycles. The first-order valence-electron chi connectivity index (χ1n) is 8.32. The van der Waals surface area contributed by atoms with Crippen molar-refractivity contribution in [2.75, 3.05) is 18.4 Å². The molecular formula is C19H23N3O3. The Labute approximate surface area is 147 Å². The quantitative estimate of drug-likeness (QED) is 0.610. The van der Waals surface area contributed by atoms with Crippen molar-refractivity contribution in [3.8, 4) is 0 Å². The van der Waals surface area contributed by atoms with Crippen LogP contribution in [0.15, 0.2) is 42.5 Å². The van der Waals surface area contributed by atoms with Crippen molar-refractivity contribution in [3.05, 3.63) is 69.3 Å². The molecule has 0 bridgehead atoms. The summed E-state index contributed by atoms with van der Waals surface area (Å²) in [6, 6.07) is 12.1. The average molecular weight is 341 g/mol. The van der Waals surface area contributed by atoms with Gasteiger partial charge in [-0.1, -0.05) is 26.0 Å². The third-order valence-electron chi connectivity index (χ3n) is 4.17. The zero-order chi connectivity index (χ0) is 18.4. The number of hydrogen-bond donors (Lipinski definition) is 1. The molecule has 25 heavy (non-hydrogen) atoms. The SMILES string of the molecule is CCN(CC)Cc1ccc(NC(=O)c2ccc([N+](=O)[O-])c(C)c2)cc1. The number of anilines is 1. The van der Waals surface area contributed by atoms with Crippen molar-refractivity contribution in [2.45, 2.75) is 27.3 Å². The summed E-state index contributed by atoms with van der Waals surface area (Å²) in [5.41, 5.74) is 2.76. The van der Waals surface area contributed by atoms with E-state index >= 15 is 0 Å². The molecule has 0 fully saturated rings. The Morgan fingerprint density at radius 1 is 1.12 bits per heavy atom. The van der Waals surface area contributed by atoms with Gasteiger partial charge in [0.15, 0.2) is 0 Å². The zero-order valence-corrected chi connectivity index (χ0v) is 14.8. The number of hydrogen-bond acceptors (Lipinski definition) is 4. The van der Waals surface area contributed by atoms with Crippen LogP contribution in [0.25, 0.3) is 0 Å². The number of amides is 1. The number of nitrogens with zero attached hydrogens (tertiary/aromatic N) is 2. The van der Waals surface area contributed by atoms with Crippen LogP contribution < -0.4 is 5.32 Å². The molecule has 0 spiro atoms. The number of aryl methyl sites for hydroxylation is 1. The van der Waals surface area contributed by atoms with Crippen LogP contribution in [0.3, 0.4) is 0 Å². The summed E-state index contributed by atoms with van der Waals surface area (Å²) in [7, 11) is 0. The van der Waals surface area contributed by atoms with Crippen LogP contribution in [0.5, 0.6) is 0 Å². The molecule has 2 rings (SSSR count). The highest BCUT2D eigenvalue weighted by atomic mass is 16.6. The van der Waals surface area contributed by atoms with Gasteiger partial charge in [0, 0.05) is 29.4 Å². The molecule has 0 radical (unpaired) electrons. The van der Waals surface area contributed by atoms with Gasteiger partial charge in [-0.25, -0.2) is 0 Å². The Hall–Kier alpha value is -2.73. The minimum absolute atomic E-state index is 0.0114. The lowest BCUT2D eigenvalue weighted by Gasteiger charge is -2.18. The van der Waals surface area contributed by atoms with E-state index in [1.807, 2.05) is 24.3 Å². The first-order chi connectivity index (χ1) is 11.9. The molecule has 0 saturated heterocycles. The lowest BCUT2D eigenvalue weighted by Crippen LogP contribution is -2.22. The summed E-state index contributed by atoms with van der Waals surface area (Å²) in [6.45, 7) is 8.75. The Morgan fingerprint density at radius 2 is 1.76 bits per heavy atom. The van der Waals surface area contributed by atoms with Crippen molar-refractivity contribution < 1.29 is 9.72 Å². The van der Waals surface area contributed by atoms with Gasteiger partial charge in [-0.3, -0.25) is 19.8 Å². The Kier molecular flexibility index (Phi) is 6.25. The first-order valence-corrected chi connectivity index (χ1v) is 8.32. The molecule has 6 nitrogen and oxygen atoms in total. The van der Waals surface area contributed by atoms with E-state index < -0.39 is 4.92 Å². The lowest BCUT2D eigenvalue weighted by atomic mass is 10.1. The topological polar surface area (TPSA) is 75.5 Å². The van der Waals surface area contributed by atoms with Crippen LogP contribution in [0.4, 0.5) is 11.4 Å². The minimum Gasteiger partial charge on any atom is -0.322 e. The summed E-state index contributed by atoms with van der Waals surface area (Å²) in [6.07, 6.45) is 0. The normalized spacial score (nSPS) is 10.7. The maximum atomic E-state index is 12.3. The van der Waals surface area contributed by atoms with E-state index in [4.69, 9.17) is 0 Å². The fraction of sp³-hybridized carbons (Fsp3) is 0.316. The maximum absolute atomic E-state index is 12.3. The van der Waals surface area contributed by atoms with Gasteiger partial charge in [0.25, 0.3) is 11.6 Å². The van der Waals surface area contributed by atoms with Crippen LogP contribution in [0.2, 0.25) is 0 Å². The Morgan fingerprint density at radius 3 is 2.28 bits per heavy atom. The van der Waals surface area contributed by atoms with Crippen LogP contribution in [0, 0.1) is 17.0 Å². The van der Waals surface area contributed by atoms with E-state index in [0.29, 0.717) is 16.8 Å². The fourth-order valence-electron chi connectivity index (χ4n) is 2.60. The number of nitro groups is 1. The molecule has 2 aromatic rings. The number of rotatable bonds is 7. The second kappa shape index (κ2) is 8.39. The molecule has 2 aromatic carbocycles. The van der Waals surface area contributed by atoms with Crippen molar-refractivity contribution >= 4 is 17.3 Å². The molecule has 132 valence electrons. The van der Waals surface area contributed by atoms with E-state index in [1.54, 1.807) is 6.92 Å². The van der Waals surface area contributed by atoms with Crippen LogP contribution in [0.1, 0.15) is 35.3 Å². The summed E-state index contributed by atoms with van der Waals surface area (Å²) in [5.74, 6) is -0.283. The summed E-state index contributed by atoms with van der Waals surface area (Å²) in [4.78, 5) is 25.0. The molecule has 0 saturated carbocycles. The molecule has 1 N–H and O–H groups in total. The third kappa shape index (κ3) is 4.87. The highest BCUT2D eigenvalue weighted by Gasteiger charge is 2.14. The van der Waals surface area contributed by atoms with Gasteiger partial charge in [0.05, 0.1) is 4.92 Å². The molecule has 0 aliphatic rings. The standard InChI is InChI=1S/C19H23N3O3/c1-4-21(5-2)13-15-6-9-17(10-7-15)20-19(23)16-8-11-18(22(24)25)14(3)12-16/h6-12H,4-5,13H2,1-3H3,(H,20,23). The van der Waals surface area contributed by atoms with Gasteiger partial charge in [0.1, 0.15) is 0 Å². The highest BCUT2D eigenvalue weighted by Crippen LogP contribution is 2.20. The smallest absolute Gasteiger partial charge is 0.272 e. The molecule has 0 aliphatic carbocycles. The van der Waals surface area contributed by atoms with Gasteiger partial charge in [-0.05, 0) is 49.8 Å². The van der Waals surface area contributed by atoms with Crippen molar-refractivity contribution in [1.29, 1.82) is 0 Å². The van der Waals surface area contributed by atoms with E-state index in [1.165, 1.54) is 23.8 Å². The van der Waals surface area contributed by atoms with Crippen molar-refractivity contribution in [2.24, 2.45) is 0 Å². The van der Waals surface area contributed by atoms with E-state index in [-0.39, 0.29) is 11.6 Å². The molecule has 0 aliphatic heterocycles. The molecule has 1 amide bonds. The zero-order valence-electron chi connectivity index (χ0n) is 14.8. The number of nitro benzene ring substituents is 1. The maximum Gasteiger partial charge on any atom is 0.272 e. The van der Waals surface area contributed by atoms with Crippen LogP contribution in [-0.4, -0.2) is 28.8 Å². The highest BCUT2D eigenvalue weighted by molar-refractivity contribution is 6.04. The lowest BCUT2D eigenvalue weighted by molar-refractivity contribution is -0.385. The Balaban J connectivity index is 2.05. The van der Waals surface area contributed by atoms with Gasteiger partial charge in [0.2, 0.25) is 0 Å². The minimum atomic E-state index is -0.453. The van der Waals surface area contributed by atoms with Gasteiger partial charge < -0.3 is 5.32 Å². The second-order valence-electron chi connectivity index (χ2n) is 5.87. The van der Waals surface area contributed by atoms with Gasteiger partial charge >= 0.3 is 0 Å². The monoisotopic (exact) mass is 341 g/mol. The van der Waals surface area contributed by atoms with Crippen LogP contribution >= 0.6 is 0 Å². The van der Waals surface area contributed by atoms with E-state index in [2.05, 4.69) is 24.1 Å². The number of nitrogens with one attached hydrogen (secondary N) is 1. The first kappa shape index (κ1) is 18.6. The predicted molar refractivity (Wildman–Crippen MR) is 98.9 cm³/mol. The van der Waals surface area contributed by atoms with E-state index in [9.17, 15) is 14.9 Å². The third-order valence-corrected chi connectivity index (χ3v) is 4.17. The summed E-state index contributed by atoms with van der Waals surface area (Å²) >= 11 is 0. The largest absolute Gasteiger partial charge is 0.322 e. The Bertz CT molecular complexity index is 753. The predicted octanol–water partition coefficient (Wildman–Crippen LogP) is 4.00. The molecular weight excluding hydrogens is 318 g/mol. The van der Waals surface area contributed by atoms with Crippen molar-refractivity contribution in [3.63, 3.8) is 0 Å². The van der Waals surface area contributed by atoms with Gasteiger partial charge in [-0.15, -0.1) is 0 Å². The second-order valence-corrected chi connectivity index (χ2v) is 5.87. The number of carbonyl (C=O) groups is 1. The summed E-state index contributed by atoms with van der Waals surface area (Å²) < 4.78 is 0. The fourth-order valence-corrected chi connectivity index (χ4v) is 2.60. The summed E-state index contributed by atoms with van der Waals surface area (Å²) in [5, 5.41) is 13.7. The molecule has 6 heteroatoms. The molecule has 0 atom stereocenters. The molecule has 0 unspecified atom stereocenters. The van der Waals surface area contributed by atoms with Gasteiger partial charge in [-0.2, -0.15) is 0 Å².